The van der Waals surface area contributed by atoms with Crippen molar-refractivity contribution in [2.75, 3.05) is 19.7 Å². The van der Waals surface area contributed by atoms with Crippen molar-refractivity contribution in [1.82, 2.24) is 4.90 Å². The van der Waals surface area contributed by atoms with Crippen LogP contribution in [0, 0.1) is 0 Å². The number of nitrogens with zero attached hydrogens (tertiary/aromatic N) is 1. The highest BCUT2D eigenvalue weighted by molar-refractivity contribution is 5.85. The highest BCUT2D eigenvalue weighted by Crippen LogP contribution is 2.11. The summed E-state index contributed by atoms with van der Waals surface area (Å²) in [5.74, 6) is 1.05. The number of hydrogen-bond acceptors (Lipinski definition) is 3. The third-order valence-electron chi connectivity index (χ3n) is 3.12. The Morgan fingerprint density at radius 2 is 2.11 bits per heavy atom. The zero-order chi connectivity index (χ0) is 12.8. The third-order valence-corrected chi connectivity index (χ3v) is 3.12. The number of para-hydroxylation sites is 1. The molecule has 1 aromatic rings. The lowest BCUT2D eigenvalue weighted by atomic mass is 10.3. The van der Waals surface area contributed by atoms with E-state index in [0.717, 1.165) is 25.1 Å². The normalized spacial score (nSPS) is 17.9. The number of halogens is 1. The second kappa shape index (κ2) is 8.02. The van der Waals surface area contributed by atoms with Gasteiger partial charge in [0, 0.05) is 25.6 Å². The number of likely N-dealkylation sites (tertiary alicyclic amines) is 1. The Balaban J connectivity index is 0.00000180. The molecule has 1 fully saturated rings. The van der Waals surface area contributed by atoms with Gasteiger partial charge in [-0.05, 0) is 25.0 Å². The Morgan fingerprint density at radius 1 is 1.37 bits per heavy atom. The molecule has 0 aliphatic carbocycles. The fourth-order valence-electron chi connectivity index (χ4n) is 2.10. The molecule has 0 radical (unpaired) electrons. The lowest BCUT2D eigenvalue weighted by Crippen LogP contribution is -2.31. The van der Waals surface area contributed by atoms with Crippen LogP contribution in [0.4, 0.5) is 0 Å². The summed E-state index contributed by atoms with van der Waals surface area (Å²) in [7, 11) is 0. The summed E-state index contributed by atoms with van der Waals surface area (Å²) in [6, 6.07) is 9.82. The highest BCUT2D eigenvalue weighted by Gasteiger charge is 2.22. The summed E-state index contributed by atoms with van der Waals surface area (Å²) in [5.41, 5.74) is 5.78. The molecule has 4 nitrogen and oxygen atoms in total. The summed E-state index contributed by atoms with van der Waals surface area (Å²) in [4.78, 5) is 13.7. The van der Waals surface area contributed by atoms with Gasteiger partial charge in [-0.15, -0.1) is 12.4 Å². The number of carbonyl (C=O) groups is 1. The first-order chi connectivity index (χ1) is 8.75. The van der Waals surface area contributed by atoms with Crippen LogP contribution in [0.25, 0.3) is 0 Å². The standard InChI is InChI=1S/C14H20N2O2.ClH/c15-12-8-9-16(11-12)14(17)7-4-10-18-13-5-2-1-3-6-13;/h1-3,5-6,12H,4,7-11,15H2;1H/t12-;/m1./s1. The number of hydrogen-bond donors (Lipinski definition) is 1. The lowest BCUT2D eigenvalue weighted by molar-refractivity contribution is -0.130. The summed E-state index contributed by atoms with van der Waals surface area (Å²) < 4.78 is 5.54. The summed E-state index contributed by atoms with van der Waals surface area (Å²) in [6.45, 7) is 2.09. The van der Waals surface area contributed by atoms with Crippen molar-refractivity contribution in [3.05, 3.63) is 30.3 Å². The van der Waals surface area contributed by atoms with E-state index in [0.29, 0.717) is 19.6 Å². The number of amides is 1. The maximum atomic E-state index is 11.8. The fourth-order valence-corrected chi connectivity index (χ4v) is 2.10. The van der Waals surface area contributed by atoms with Gasteiger partial charge in [0.15, 0.2) is 0 Å². The van der Waals surface area contributed by atoms with Gasteiger partial charge in [-0.2, -0.15) is 0 Å². The van der Waals surface area contributed by atoms with Gasteiger partial charge in [0.1, 0.15) is 5.75 Å². The molecular weight excluding hydrogens is 264 g/mol. The van der Waals surface area contributed by atoms with E-state index in [2.05, 4.69) is 0 Å². The number of rotatable bonds is 5. The molecule has 0 unspecified atom stereocenters. The number of ether oxygens (including phenoxy) is 1. The molecule has 1 amide bonds. The zero-order valence-electron chi connectivity index (χ0n) is 11.0. The van der Waals surface area contributed by atoms with Crippen molar-refractivity contribution < 1.29 is 9.53 Å². The molecule has 106 valence electrons. The van der Waals surface area contributed by atoms with Crippen LogP contribution in [0.5, 0.6) is 5.75 Å². The van der Waals surface area contributed by atoms with E-state index in [-0.39, 0.29) is 24.4 Å². The maximum absolute atomic E-state index is 11.8. The van der Waals surface area contributed by atoms with Gasteiger partial charge < -0.3 is 15.4 Å². The van der Waals surface area contributed by atoms with E-state index in [1.807, 2.05) is 35.2 Å². The first-order valence-electron chi connectivity index (χ1n) is 6.47. The molecule has 2 N–H and O–H groups in total. The smallest absolute Gasteiger partial charge is 0.222 e. The third kappa shape index (κ3) is 5.09. The molecule has 1 aliphatic rings. The zero-order valence-corrected chi connectivity index (χ0v) is 11.8. The number of nitrogens with two attached hydrogens (primary N) is 1. The number of carbonyl (C=O) groups excluding carboxylic acids is 1. The van der Waals surface area contributed by atoms with Crippen molar-refractivity contribution in [3.63, 3.8) is 0 Å². The van der Waals surface area contributed by atoms with E-state index in [4.69, 9.17) is 10.5 Å². The van der Waals surface area contributed by atoms with Crippen LogP contribution in [0.3, 0.4) is 0 Å². The van der Waals surface area contributed by atoms with Gasteiger partial charge in [0.25, 0.3) is 0 Å². The quantitative estimate of drug-likeness (QED) is 0.839. The molecule has 0 spiro atoms. The second-order valence-corrected chi connectivity index (χ2v) is 4.65. The Hall–Kier alpha value is -1.26. The van der Waals surface area contributed by atoms with Crippen LogP contribution in [-0.4, -0.2) is 36.5 Å². The summed E-state index contributed by atoms with van der Waals surface area (Å²) in [5, 5.41) is 0. The van der Waals surface area contributed by atoms with Crippen molar-refractivity contribution in [2.45, 2.75) is 25.3 Å². The molecule has 1 aliphatic heterocycles. The predicted octanol–water partition coefficient (Wildman–Crippen LogP) is 1.83. The molecule has 0 bridgehead atoms. The minimum atomic E-state index is 0. The second-order valence-electron chi connectivity index (χ2n) is 4.65. The van der Waals surface area contributed by atoms with Crippen LogP contribution < -0.4 is 10.5 Å². The lowest BCUT2D eigenvalue weighted by Gasteiger charge is -2.15. The van der Waals surface area contributed by atoms with E-state index >= 15 is 0 Å². The monoisotopic (exact) mass is 284 g/mol. The van der Waals surface area contributed by atoms with Crippen LogP contribution >= 0.6 is 12.4 Å². The molecule has 1 heterocycles. The molecule has 19 heavy (non-hydrogen) atoms. The largest absolute Gasteiger partial charge is 0.494 e. The SMILES string of the molecule is Cl.N[C@@H]1CCN(C(=O)CCCOc2ccccc2)C1. The molecule has 5 heteroatoms. The molecular formula is C14H21ClN2O2. The number of benzene rings is 1. The molecule has 1 aromatic carbocycles. The Kier molecular flexibility index (Phi) is 6.67. The summed E-state index contributed by atoms with van der Waals surface area (Å²) in [6.07, 6.45) is 2.21. The fraction of sp³-hybridized carbons (Fsp3) is 0.500. The molecule has 1 saturated heterocycles. The Bertz CT molecular complexity index is 386. The first kappa shape index (κ1) is 15.8. The topological polar surface area (TPSA) is 55.6 Å². The summed E-state index contributed by atoms with van der Waals surface area (Å²) >= 11 is 0. The van der Waals surface area contributed by atoms with Gasteiger partial charge in [-0.25, -0.2) is 0 Å². The van der Waals surface area contributed by atoms with E-state index in [9.17, 15) is 4.79 Å². The predicted molar refractivity (Wildman–Crippen MR) is 77.6 cm³/mol. The Morgan fingerprint density at radius 3 is 2.74 bits per heavy atom. The van der Waals surface area contributed by atoms with Crippen molar-refractivity contribution in [3.8, 4) is 5.75 Å². The van der Waals surface area contributed by atoms with E-state index in [1.54, 1.807) is 0 Å². The van der Waals surface area contributed by atoms with Crippen LogP contribution in [-0.2, 0) is 4.79 Å². The Labute approximate surface area is 120 Å². The van der Waals surface area contributed by atoms with Crippen molar-refractivity contribution in [1.29, 1.82) is 0 Å². The van der Waals surface area contributed by atoms with E-state index in [1.165, 1.54) is 0 Å². The highest BCUT2D eigenvalue weighted by atomic mass is 35.5. The van der Waals surface area contributed by atoms with Crippen molar-refractivity contribution in [2.24, 2.45) is 5.73 Å². The molecule has 0 saturated carbocycles. The molecule has 2 rings (SSSR count). The maximum Gasteiger partial charge on any atom is 0.222 e. The minimum Gasteiger partial charge on any atom is -0.494 e. The average Bonchev–Trinajstić information content (AvgIpc) is 2.82. The van der Waals surface area contributed by atoms with Crippen molar-refractivity contribution >= 4 is 18.3 Å². The average molecular weight is 285 g/mol. The van der Waals surface area contributed by atoms with E-state index < -0.39 is 0 Å². The van der Waals surface area contributed by atoms with Gasteiger partial charge in [0.2, 0.25) is 5.91 Å². The first-order valence-corrected chi connectivity index (χ1v) is 6.47. The van der Waals surface area contributed by atoms with Gasteiger partial charge in [-0.3, -0.25) is 4.79 Å². The van der Waals surface area contributed by atoms with Crippen LogP contribution in [0.15, 0.2) is 30.3 Å². The van der Waals surface area contributed by atoms with Gasteiger partial charge >= 0.3 is 0 Å². The van der Waals surface area contributed by atoms with Crippen LogP contribution in [0.2, 0.25) is 0 Å². The minimum absolute atomic E-state index is 0. The van der Waals surface area contributed by atoms with Crippen LogP contribution in [0.1, 0.15) is 19.3 Å². The van der Waals surface area contributed by atoms with Gasteiger partial charge in [-0.1, -0.05) is 18.2 Å². The molecule has 1 atom stereocenters. The van der Waals surface area contributed by atoms with Gasteiger partial charge in [0.05, 0.1) is 6.61 Å². The molecule has 0 aromatic heterocycles.